The van der Waals surface area contributed by atoms with Crippen molar-refractivity contribution in [1.82, 2.24) is 15.2 Å². The Hall–Kier alpha value is -1.14. The summed E-state index contributed by atoms with van der Waals surface area (Å²) in [7, 11) is 1.78. The number of methoxy groups -OCH3 is 1. The van der Waals surface area contributed by atoms with Crippen molar-refractivity contribution in [3.8, 4) is 0 Å². The molecule has 1 aliphatic heterocycles. The molecule has 0 aromatic carbocycles. The number of thiazole rings is 1. The van der Waals surface area contributed by atoms with Crippen LogP contribution in [0.25, 0.3) is 0 Å². The number of guanidine groups is 1. The summed E-state index contributed by atoms with van der Waals surface area (Å²) in [5.41, 5.74) is 1.24. The second kappa shape index (κ2) is 9.23. The quantitative estimate of drug-likeness (QED) is 0.613. The molecule has 0 spiro atoms. The van der Waals surface area contributed by atoms with Gasteiger partial charge in [-0.15, -0.1) is 11.3 Å². The molecular formula is C17H30N4OS. The van der Waals surface area contributed by atoms with Gasteiger partial charge in [-0.2, -0.15) is 0 Å². The zero-order valence-electron chi connectivity index (χ0n) is 14.9. The van der Waals surface area contributed by atoms with Gasteiger partial charge in [-0.05, 0) is 26.7 Å². The molecule has 23 heavy (non-hydrogen) atoms. The van der Waals surface area contributed by atoms with Crippen LogP contribution < -0.4 is 5.32 Å². The number of aliphatic imine (C=N–C) groups is 1. The van der Waals surface area contributed by atoms with Crippen molar-refractivity contribution in [1.29, 1.82) is 0 Å². The van der Waals surface area contributed by atoms with Crippen LogP contribution in [0.15, 0.2) is 4.99 Å². The Kier molecular flexibility index (Phi) is 7.30. The Bertz CT molecular complexity index is 515. The molecule has 0 bridgehead atoms. The molecule has 1 unspecified atom stereocenters. The van der Waals surface area contributed by atoms with Crippen LogP contribution in [0, 0.1) is 12.8 Å². The van der Waals surface area contributed by atoms with Crippen molar-refractivity contribution >= 4 is 17.3 Å². The lowest BCUT2D eigenvalue weighted by molar-refractivity contribution is 0.157. The van der Waals surface area contributed by atoms with Crippen molar-refractivity contribution < 1.29 is 4.74 Å². The summed E-state index contributed by atoms with van der Waals surface area (Å²) in [5, 5.41) is 4.63. The summed E-state index contributed by atoms with van der Waals surface area (Å²) >= 11 is 1.81. The molecule has 1 atom stereocenters. The van der Waals surface area contributed by atoms with Crippen LogP contribution in [0.4, 0.5) is 0 Å². The van der Waals surface area contributed by atoms with E-state index in [0.717, 1.165) is 51.6 Å². The van der Waals surface area contributed by atoms with Gasteiger partial charge in [-0.3, -0.25) is 4.99 Å². The molecule has 1 saturated heterocycles. The van der Waals surface area contributed by atoms with E-state index in [4.69, 9.17) is 14.7 Å². The maximum atomic E-state index is 5.28. The van der Waals surface area contributed by atoms with E-state index in [-0.39, 0.29) is 0 Å². The van der Waals surface area contributed by atoms with E-state index in [0.29, 0.717) is 5.92 Å². The fourth-order valence-electron chi connectivity index (χ4n) is 3.00. The third-order valence-corrected chi connectivity index (χ3v) is 5.25. The zero-order chi connectivity index (χ0) is 16.7. The maximum absolute atomic E-state index is 5.28. The molecule has 130 valence electrons. The number of aryl methyl sites for hydroxylation is 2. The predicted molar refractivity (Wildman–Crippen MR) is 97.5 cm³/mol. The fourth-order valence-corrected chi connectivity index (χ4v) is 4.01. The van der Waals surface area contributed by atoms with Gasteiger partial charge in [0.05, 0.1) is 17.3 Å². The molecule has 2 rings (SSSR count). The molecule has 6 heteroatoms. The predicted octanol–water partition coefficient (Wildman–Crippen LogP) is 2.49. The Balaban J connectivity index is 1.90. The van der Waals surface area contributed by atoms with Crippen molar-refractivity contribution in [2.75, 3.05) is 39.9 Å². The van der Waals surface area contributed by atoms with Crippen LogP contribution in [-0.2, 0) is 17.6 Å². The lowest BCUT2D eigenvalue weighted by atomic mass is 10.1. The third-order valence-electron chi connectivity index (χ3n) is 4.18. The molecule has 0 aliphatic carbocycles. The number of ether oxygens (including phenoxy) is 1. The number of likely N-dealkylation sites (tertiary alicyclic amines) is 1. The molecule has 0 saturated carbocycles. The van der Waals surface area contributed by atoms with E-state index >= 15 is 0 Å². The van der Waals surface area contributed by atoms with E-state index in [2.05, 4.69) is 31.0 Å². The highest BCUT2D eigenvalue weighted by atomic mass is 32.1. The zero-order valence-corrected chi connectivity index (χ0v) is 15.7. The molecular weight excluding hydrogens is 308 g/mol. The first-order valence-electron chi connectivity index (χ1n) is 8.65. The first-order valence-corrected chi connectivity index (χ1v) is 9.46. The summed E-state index contributed by atoms with van der Waals surface area (Å²) in [5.74, 6) is 1.66. The summed E-state index contributed by atoms with van der Waals surface area (Å²) in [6.07, 6.45) is 3.13. The summed E-state index contributed by atoms with van der Waals surface area (Å²) in [4.78, 5) is 13.2. The monoisotopic (exact) mass is 338 g/mol. The fraction of sp³-hybridized carbons (Fsp3) is 0.765. The summed E-state index contributed by atoms with van der Waals surface area (Å²) in [6.45, 7) is 11.1. The van der Waals surface area contributed by atoms with Crippen molar-refractivity contribution in [3.05, 3.63) is 15.6 Å². The van der Waals surface area contributed by atoms with E-state index in [9.17, 15) is 0 Å². The molecule has 0 radical (unpaired) electrons. The normalized spacial score (nSPS) is 18.7. The Morgan fingerprint density at radius 1 is 1.48 bits per heavy atom. The van der Waals surface area contributed by atoms with Gasteiger partial charge in [0.2, 0.25) is 0 Å². The highest BCUT2D eigenvalue weighted by Crippen LogP contribution is 2.19. The van der Waals surface area contributed by atoms with Crippen LogP contribution in [-0.4, -0.2) is 55.7 Å². The van der Waals surface area contributed by atoms with Gasteiger partial charge in [0.1, 0.15) is 0 Å². The highest BCUT2D eigenvalue weighted by Gasteiger charge is 2.24. The maximum Gasteiger partial charge on any atom is 0.193 e. The van der Waals surface area contributed by atoms with Crippen LogP contribution in [0.3, 0.4) is 0 Å². The number of aromatic nitrogens is 1. The Morgan fingerprint density at radius 3 is 2.96 bits per heavy atom. The Morgan fingerprint density at radius 2 is 2.30 bits per heavy atom. The molecule has 0 amide bonds. The van der Waals surface area contributed by atoms with Crippen molar-refractivity contribution in [2.24, 2.45) is 10.9 Å². The standard InChI is InChI=1S/C17H30N4OS/c1-5-15-13(3)23-16(20-15)7-9-19-17(18-6-2)21-10-8-14(11-21)12-22-4/h14H,5-12H2,1-4H3,(H,18,19). The largest absolute Gasteiger partial charge is 0.384 e. The summed E-state index contributed by atoms with van der Waals surface area (Å²) in [6, 6.07) is 0. The highest BCUT2D eigenvalue weighted by molar-refractivity contribution is 7.11. The minimum absolute atomic E-state index is 0.623. The number of hydrogen-bond donors (Lipinski definition) is 1. The molecule has 1 fully saturated rings. The average molecular weight is 339 g/mol. The van der Waals surface area contributed by atoms with Crippen molar-refractivity contribution in [2.45, 2.75) is 40.0 Å². The van der Waals surface area contributed by atoms with Crippen LogP contribution in [0.1, 0.15) is 35.8 Å². The second-order valence-corrected chi connectivity index (χ2v) is 7.29. The summed E-state index contributed by atoms with van der Waals surface area (Å²) < 4.78 is 5.28. The number of nitrogens with one attached hydrogen (secondary N) is 1. The van der Waals surface area contributed by atoms with E-state index in [1.165, 1.54) is 22.0 Å². The first-order chi connectivity index (χ1) is 11.2. The second-order valence-electron chi connectivity index (χ2n) is 6.01. The topological polar surface area (TPSA) is 49.8 Å². The average Bonchev–Trinajstić information content (AvgIpc) is 3.13. The van der Waals surface area contributed by atoms with Gasteiger partial charge in [0, 0.05) is 50.5 Å². The molecule has 1 N–H and O–H groups in total. The first kappa shape index (κ1) is 18.2. The molecule has 5 nitrogen and oxygen atoms in total. The van der Waals surface area contributed by atoms with E-state index < -0.39 is 0 Å². The lowest BCUT2D eigenvalue weighted by Crippen LogP contribution is -2.40. The number of nitrogens with zero attached hydrogens (tertiary/aromatic N) is 3. The van der Waals surface area contributed by atoms with Gasteiger partial charge < -0.3 is 15.0 Å². The van der Waals surface area contributed by atoms with Gasteiger partial charge in [-0.1, -0.05) is 6.92 Å². The van der Waals surface area contributed by atoms with Gasteiger partial charge in [0.25, 0.3) is 0 Å². The lowest BCUT2D eigenvalue weighted by Gasteiger charge is -2.21. The van der Waals surface area contributed by atoms with E-state index in [1.54, 1.807) is 7.11 Å². The van der Waals surface area contributed by atoms with Gasteiger partial charge >= 0.3 is 0 Å². The molecule has 1 aromatic heterocycles. The van der Waals surface area contributed by atoms with Gasteiger partial charge in [0.15, 0.2) is 5.96 Å². The SMILES string of the molecule is CCNC(=NCCc1nc(CC)c(C)s1)N1CCC(COC)C1. The van der Waals surface area contributed by atoms with E-state index in [1.807, 2.05) is 11.3 Å². The molecule has 1 aliphatic rings. The third kappa shape index (κ3) is 5.18. The number of hydrogen-bond acceptors (Lipinski definition) is 4. The molecule has 2 heterocycles. The minimum atomic E-state index is 0.623. The number of rotatable bonds is 7. The van der Waals surface area contributed by atoms with Crippen molar-refractivity contribution in [3.63, 3.8) is 0 Å². The van der Waals surface area contributed by atoms with Gasteiger partial charge in [-0.25, -0.2) is 4.98 Å². The van der Waals surface area contributed by atoms with Crippen LogP contribution >= 0.6 is 11.3 Å². The molecule has 1 aromatic rings. The minimum Gasteiger partial charge on any atom is -0.384 e. The Labute approximate surface area is 144 Å². The van der Waals surface area contributed by atoms with Crippen LogP contribution in [0.5, 0.6) is 0 Å². The smallest absolute Gasteiger partial charge is 0.193 e. The van der Waals surface area contributed by atoms with Crippen LogP contribution in [0.2, 0.25) is 0 Å².